The number of rotatable bonds is 9. The van der Waals surface area contributed by atoms with E-state index in [1.807, 2.05) is 18.9 Å². The van der Waals surface area contributed by atoms with Gasteiger partial charge >= 0.3 is 7.75 Å². The van der Waals surface area contributed by atoms with E-state index in [4.69, 9.17) is 14.8 Å². The van der Waals surface area contributed by atoms with Crippen molar-refractivity contribution in [3.63, 3.8) is 0 Å². The molecular weight excluding hydrogens is 448 g/mol. The number of pyridine rings is 1. The van der Waals surface area contributed by atoms with E-state index in [1.165, 1.54) is 23.9 Å². The van der Waals surface area contributed by atoms with Gasteiger partial charge in [-0.3, -0.25) is 9.32 Å². The van der Waals surface area contributed by atoms with Gasteiger partial charge in [-0.1, -0.05) is 25.5 Å². The van der Waals surface area contributed by atoms with Gasteiger partial charge < -0.3 is 19.1 Å². The topological polar surface area (TPSA) is 107 Å². The van der Waals surface area contributed by atoms with Crippen LogP contribution in [0.2, 0.25) is 0 Å². The molecule has 8 nitrogen and oxygen atoms in total. The minimum atomic E-state index is -4.32. The molecule has 0 saturated carbocycles. The third-order valence-electron chi connectivity index (χ3n) is 5.68. The van der Waals surface area contributed by atoms with Gasteiger partial charge in [0.25, 0.3) is 0 Å². The maximum Gasteiger partial charge on any atom is 0.401 e. The van der Waals surface area contributed by atoms with E-state index in [0.29, 0.717) is 17.0 Å². The molecule has 2 atom stereocenters. The zero-order valence-corrected chi connectivity index (χ0v) is 20.0. The first-order valence-electron chi connectivity index (χ1n) is 10.6. The fourth-order valence-electron chi connectivity index (χ4n) is 3.83. The second-order valence-electron chi connectivity index (χ2n) is 7.93. The summed E-state index contributed by atoms with van der Waals surface area (Å²) in [5.41, 5.74) is 6.27. The molecule has 1 aromatic heterocycles. The zero-order chi connectivity index (χ0) is 24.3. The number of nitrogens with zero attached hydrogens (tertiary/aromatic N) is 2. The largest absolute Gasteiger partial charge is 0.497 e. The molecule has 0 saturated heterocycles. The highest BCUT2D eigenvalue weighted by Crippen LogP contribution is 2.35. The van der Waals surface area contributed by atoms with Crippen molar-refractivity contribution in [1.82, 2.24) is 4.57 Å². The summed E-state index contributed by atoms with van der Waals surface area (Å²) in [6.45, 7) is 3.65. The van der Waals surface area contributed by atoms with Crippen LogP contribution < -0.4 is 20.6 Å². The predicted octanol–water partition coefficient (Wildman–Crippen LogP) is 4.47. The van der Waals surface area contributed by atoms with Gasteiger partial charge in [-0.25, -0.2) is 14.5 Å². The number of nitrogens with two attached hydrogens (primary N) is 1. The summed E-state index contributed by atoms with van der Waals surface area (Å²) in [5.74, 6) is -0.0908. The summed E-state index contributed by atoms with van der Waals surface area (Å²) in [6, 6.07) is 9.70. The molecule has 178 valence electrons. The Morgan fingerprint density at radius 1 is 1.24 bits per heavy atom. The zero-order valence-electron chi connectivity index (χ0n) is 19.1. The van der Waals surface area contributed by atoms with Crippen molar-refractivity contribution >= 4 is 24.3 Å². The number of ether oxygens (including phenoxy) is 1. The number of fused-ring (bicyclic) bond motifs is 1. The van der Waals surface area contributed by atoms with Gasteiger partial charge in [-0.05, 0) is 43.2 Å². The van der Waals surface area contributed by atoms with Gasteiger partial charge in [0.15, 0.2) is 5.43 Å². The van der Waals surface area contributed by atoms with E-state index in [0.717, 1.165) is 12.8 Å². The van der Waals surface area contributed by atoms with Gasteiger partial charge in [0.2, 0.25) is 0 Å². The van der Waals surface area contributed by atoms with Crippen molar-refractivity contribution in [3.05, 3.63) is 58.6 Å². The molecule has 33 heavy (non-hydrogen) atoms. The summed E-state index contributed by atoms with van der Waals surface area (Å²) in [6.07, 6.45) is 3.32. The molecule has 2 aromatic carbocycles. The third-order valence-corrected chi connectivity index (χ3v) is 6.17. The number of methoxy groups -OCH3 is 1. The van der Waals surface area contributed by atoms with Crippen molar-refractivity contribution in [2.75, 3.05) is 19.1 Å². The summed E-state index contributed by atoms with van der Waals surface area (Å²) in [5, 5.41) is -0.134. The number of benzene rings is 2. The maximum absolute atomic E-state index is 15.1. The first-order chi connectivity index (χ1) is 15.6. The summed E-state index contributed by atoms with van der Waals surface area (Å²) < 4.78 is 38.3. The van der Waals surface area contributed by atoms with E-state index >= 15 is 4.39 Å². The number of halogens is 1. The van der Waals surface area contributed by atoms with Gasteiger partial charge in [0.1, 0.15) is 18.3 Å². The number of hydrogen-bond acceptors (Lipinski definition) is 5. The smallest absolute Gasteiger partial charge is 0.401 e. The standard InChI is InChI=1S/C23H29FN3O5P/c1-5-6-15(2)26(3)20-12-11-19(24)21-22(20)27(14-32-33(25,29)30)13-18(23(21)28)16-7-9-17(31-4)10-8-16/h7-13,15H,5-6,14H2,1-4H3,(H3,25,29,30). The fourth-order valence-corrected chi connectivity index (χ4v) is 4.12. The maximum atomic E-state index is 15.1. The molecule has 3 N–H and O–H groups in total. The Bertz CT molecular complexity index is 1240. The molecule has 0 fully saturated rings. The molecule has 10 heteroatoms. The van der Waals surface area contributed by atoms with Crippen LogP contribution >= 0.6 is 7.75 Å². The van der Waals surface area contributed by atoms with Gasteiger partial charge in [-0.15, -0.1) is 0 Å². The predicted molar refractivity (Wildman–Crippen MR) is 128 cm³/mol. The molecule has 3 rings (SSSR count). The van der Waals surface area contributed by atoms with Crippen molar-refractivity contribution in [1.29, 1.82) is 0 Å². The first kappa shape index (κ1) is 24.9. The van der Waals surface area contributed by atoms with E-state index < -0.39 is 25.7 Å². The Morgan fingerprint density at radius 2 is 1.91 bits per heavy atom. The van der Waals surface area contributed by atoms with Crippen LogP contribution in [0, 0.1) is 5.82 Å². The number of anilines is 1. The highest BCUT2D eigenvalue weighted by molar-refractivity contribution is 7.50. The minimum absolute atomic E-state index is 0.104. The van der Waals surface area contributed by atoms with E-state index in [2.05, 4.69) is 6.92 Å². The van der Waals surface area contributed by atoms with Crippen molar-refractivity contribution in [2.45, 2.75) is 39.5 Å². The second-order valence-corrected chi connectivity index (χ2v) is 9.32. The first-order valence-corrected chi connectivity index (χ1v) is 12.2. The molecule has 0 radical (unpaired) electrons. The highest BCUT2D eigenvalue weighted by Gasteiger charge is 2.22. The normalized spacial score (nSPS) is 14.2. The van der Waals surface area contributed by atoms with Crippen LogP contribution in [-0.2, 0) is 15.8 Å². The van der Waals surface area contributed by atoms with E-state index in [1.54, 1.807) is 30.3 Å². The Labute approximate surface area is 191 Å². The minimum Gasteiger partial charge on any atom is -0.497 e. The lowest BCUT2D eigenvalue weighted by Gasteiger charge is -2.29. The van der Waals surface area contributed by atoms with Crippen LogP contribution in [0.3, 0.4) is 0 Å². The average molecular weight is 477 g/mol. The third kappa shape index (κ3) is 5.45. The monoisotopic (exact) mass is 477 g/mol. The lowest BCUT2D eigenvalue weighted by molar-refractivity contribution is 0.204. The Morgan fingerprint density at radius 3 is 2.48 bits per heavy atom. The van der Waals surface area contributed by atoms with Crippen LogP contribution in [-0.4, -0.2) is 29.7 Å². The Kier molecular flexibility index (Phi) is 7.59. The van der Waals surface area contributed by atoms with Crippen LogP contribution in [0.25, 0.3) is 22.0 Å². The van der Waals surface area contributed by atoms with Crippen molar-refractivity contribution in [2.24, 2.45) is 5.50 Å². The van der Waals surface area contributed by atoms with Gasteiger partial charge in [0, 0.05) is 24.8 Å². The van der Waals surface area contributed by atoms with Crippen LogP contribution in [0.15, 0.2) is 47.4 Å². The number of hydrogen-bond donors (Lipinski definition) is 2. The molecule has 3 aromatic rings. The molecule has 0 aliphatic heterocycles. The van der Waals surface area contributed by atoms with E-state index in [9.17, 15) is 14.3 Å². The molecule has 0 spiro atoms. The SMILES string of the molecule is CCCC(C)N(C)c1ccc(F)c2c(=O)c(-c3ccc(OC)cc3)cn(COP(N)(=O)O)c12. The molecule has 0 bridgehead atoms. The summed E-state index contributed by atoms with van der Waals surface area (Å²) in [7, 11) is -0.931. The second kappa shape index (κ2) is 10.1. The molecule has 1 heterocycles. The van der Waals surface area contributed by atoms with Gasteiger partial charge in [-0.2, -0.15) is 0 Å². The summed E-state index contributed by atoms with van der Waals surface area (Å²) >= 11 is 0. The van der Waals surface area contributed by atoms with Crippen LogP contribution in [0.4, 0.5) is 10.1 Å². The quantitative estimate of drug-likeness (QED) is 0.438. The number of aromatic nitrogens is 1. The van der Waals surface area contributed by atoms with E-state index in [-0.39, 0.29) is 22.5 Å². The average Bonchev–Trinajstić information content (AvgIpc) is 2.78. The molecule has 0 aliphatic rings. The van der Waals surface area contributed by atoms with Crippen LogP contribution in [0.5, 0.6) is 5.75 Å². The molecule has 2 unspecified atom stereocenters. The van der Waals surface area contributed by atoms with Crippen LogP contribution in [0.1, 0.15) is 26.7 Å². The van der Waals surface area contributed by atoms with Gasteiger partial charge in [0.05, 0.1) is 23.7 Å². The van der Waals surface area contributed by atoms with Crippen molar-refractivity contribution < 1.29 is 23.1 Å². The lowest BCUT2D eigenvalue weighted by Crippen LogP contribution is -2.30. The molecule has 0 aliphatic carbocycles. The lowest BCUT2D eigenvalue weighted by atomic mass is 10.0. The Hall–Kier alpha value is -2.71. The highest BCUT2D eigenvalue weighted by atomic mass is 31.2. The Balaban J connectivity index is 2.31. The molecular formula is C23H29FN3O5P. The van der Waals surface area contributed by atoms with Crippen molar-refractivity contribution in [3.8, 4) is 16.9 Å². The molecule has 0 amide bonds. The fraction of sp³-hybridized carbons (Fsp3) is 0.348. The summed E-state index contributed by atoms with van der Waals surface area (Å²) in [4.78, 5) is 24.9.